The molecule has 0 fully saturated rings. The quantitative estimate of drug-likeness (QED) is 0.494. The summed E-state index contributed by atoms with van der Waals surface area (Å²) in [6.45, 7) is 7.09. The Labute approximate surface area is 178 Å². The monoisotopic (exact) mass is 431 g/mol. The van der Waals surface area contributed by atoms with Crippen LogP contribution in [0.3, 0.4) is 0 Å². The highest BCUT2D eigenvalue weighted by Crippen LogP contribution is 2.33. The zero-order valence-electron chi connectivity index (χ0n) is 17.1. The summed E-state index contributed by atoms with van der Waals surface area (Å²) in [5, 5.41) is 2.93. The van der Waals surface area contributed by atoms with Gasteiger partial charge in [0, 0.05) is 47.9 Å². The first-order valence-corrected chi connectivity index (χ1v) is 11.4. The van der Waals surface area contributed by atoms with Crippen LogP contribution in [0.2, 0.25) is 0 Å². The second kappa shape index (κ2) is 9.45. The fourth-order valence-electron chi connectivity index (χ4n) is 3.07. The van der Waals surface area contributed by atoms with Crippen LogP contribution in [-0.2, 0) is 10.5 Å². The number of furan rings is 1. The van der Waals surface area contributed by atoms with Crippen molar-refractivity contribution in [2.24, 2.45) is 0 Å². The Morgan fingerprint density at radius 2 is 1.93 bits per heavy atom. The molecular formula is C21H25N3O3S2. The average Bonchev–Trinajstić information content (AvgIpc) is 3.29. The Balaban J connectivity index is 1.85. The van der Waals surface area contributed by atoms with Crippen LogP contribution in [0.25, 0.3) is 11.0 Å². The van der Waals surface area contributed by atoms with Gasteiger partial charge in [0.2, 0.25) is 5.91 Å². The first-order chi connectivity index (χ1) is 13.9. The van der Waals surface area contributed by atoms with Gasteiger partial charge in [-0.25, -0.2) is 4.98 Å². The van der Waals surface area contributed by atoms with E-state index < -0.39 is 0 Å². The predicted octanol–water partition coefficient (Wildman–Crippen LogP) is 4.43. The normalized spacial score (nSPS) is 11.0. The lowest BCUT2D eigenvalue weighted by atomic mass is 10.1. The van der Waals surface area contributed by atoms with Crippen molar-refractivity contribution in [3.63, 3.8) is 0 Å². The number of aromatic nitrogens is 1. The molecule has 29 heavy (non-hydrogen) atoms. The van der Waals surface area contributed by atoms with Gasteiger partial charge in [0.15, 0.2) is 5.76 Å². The minimum atomic E-state index is -0.285. The van der Waals surface area contributed by atoms with Crippen LogP contribution in [0.4, 0.5) is 0 Å². The standard InChI is InChI=1S/C21H25N3O3S2/c1-5-24(6-2)18(25)11-23(4)20(26)19-16(13-29-21-22-14(3)12-28-21)15-9-7-8-10-17(15)27-19/h7-10,12H,5-6,11,13H2,1-4H3. The highest BCUT2D eigenvalue weighted by atomic mass is 32.2. The molecule has 0 radical (unpaired) electrons. The molecule has 0 atom stereocenters. The summed E-state index contributed by atoms with van der Waals surface area (Å²) < 4.78 is 6.88. The zero-order valence-corrected chi connectivity index (χ0v) is 18.7. The van der Waals surface area contributed by atoms with E-state index >= 15 is 0 Å². The molecule has 8 heteroatoms. The number of para-hydroxylation sites is 1. The Hall–Kier alpha value is -2.32. The van der Waals surface area contributed by atoms with Crippen LogP contribution in [0.15, 0.2) is 38.4 Å². The zero-order chi connectivity index (χ0) is 21.0. The van der Waals surface area contributed by atoms with Gasteiger partial charge in [-0.15, -0.1) is 11.3 Å². The predicted molar refractivity (Wildman–Crippen MR) is 118 cm³/mol. The van der Waals surface area contributed by atoms with Crippen molar-refractivity contribution in [3.05, 3.63) is 46.7 Å². The third kappa shape index (κ3) is 4.82. The molecule has 0 unspecified atom stereocenters. The minimum Gasteiger partial charge on any atom is -0.451 e. The van der Waals surface area contributed by atoms with E-state index in [0.29, 0.717) is 30.2 Å². The fraction of sp³-hybridized carbons (Fsp3) is 0.381. The first kappa shape index (κ1) is 21.4. The number of carbonyl (C=O) groups excluding carboxylic acids is 2. The fourth-order valence-corrected chi connectivity index (χ4v) is 4.95. The highest BCUT2D eigenvalue weighted by Gasteiger charge is 2.25. The second-order valence-corrected chi connectivity index (χ2v) is 8.76. The third-order valence-electron chi connectivity index (χ3n) is 4.67. The maximum Gasteiger partial charge on any atom is 0.290 e. The summed E-state index contributed by atoms with van der Waals surface area (Å²) in [7, 11) is 1.64. The second-order valence-electron chi connectivity index (χ2n) is 6.68. The van der Waals surface area contributed by atoms with E-state index in [1.807, 2.05) is 50.4 Å². The van der Waals surface area contributed by atoms with Gasteiger partial charge < -0.3 is 14.2 Å². The smallest absolute Gasteiger partial charge is 0.290 e. The molecule has 0 saturated carbocycles. The number of benzene rings is 1. The Morgan fingerprint density at radius 3 is 2.59 bits per heavy atom. The van der Waals surface area contributed by atoms with Crippen molar-refractivity contribution in [2.75, 3.05) is 26.7 Å². The third-order valence-corrected chi connectivity index (χ3v) is 6.83. The summed E-state index contributed by atoms with van der Waals surface area (Å²) in [4.78, 5) is 33.2. The molecule has 0 aliphatic heterocycles. The number of thioether (sulfide) groups is 1. The van der Waals surface area contributed by atoms with Crippen LogP contribution >= 0.6 is 23.1 Å². The van der Waals surface area contributed by atoms with E-state index in [4.69, 9.17) is 4.42 Å². The molecule has 0 aliphatic rings. The van der Waals surface area contributed by atoms with Gasteiger partial charge >= 0.3 is 0 Å². The summed E-state index contributed by atoms with van der Waals surface area (Å²) in [5.41, 5.74) is 2.50. The number of fused-ring (bicyclic) bond motifs is 1. The number of aryl methyl sites for hydroxylation is 1. The highest BCUT2D eigenvalue weighted by molar-refractivity contribution is 8.00. The minimum absolute atomic E-state index is 0.0236. The number of thiazole rings is 1. The number of rotatable bonds is 8. The van der Waals surface area contributed by atoms with Gasteiger partial charge in [0.25, 0.3) is 5.91 Å². The lowest BCUT2D eigenvalue weighted by Gasteiger charge is -2.22. The summed E-state index contributed by atoms with van der Waals surface area (Å²) in [6.07, 6.45) is 0. The SMILES string of the molecule is CCN(CC)C(=O)CN(C)C(=O)c1oc2ccccc2c1CSc1nc(C)cs1. The van der Waals surface area contributed by atoms with Crippen molar-refractivity contribution in [3.8, 4) is 0 Å². The van der Waals surface area contributed by atoms with Crippen LogP contribution < -0.4 is 0 Å². The molecule has 2 amide bonds. The molecular weight excluding hydrogens is 406 g/mol. The van der Waals surface area contributed by atoms with Gasteiger partial charge in [0.1, 0.15) is 9.92 Å². The summed E-state index contributed by atoms with van der Waals surface area (Å²) >= 11 is 3.17. The van der Waals surface area contributed by atoms with Crippen molar-refractivity contribution in [2.45, 2.75) is 30.9 Å². The van der Waals surface area contributed by atoms with Crippen LogP contribution in [0.5, 0.6) is 0 Å². The largest absolute Gasteiger partial charge is 0.451 e. The van der Waals surface area contributed by atoms with Crippen LogP contribution in [-0.4, -0.2) is 53.3 Å². The summed E-state index contributed by atoms with van der Waals surface area (Å²) in [5.74, 6) is 0.508. The molecule has 1 aromatic carbocycles. The molecule has 0 bridgehead atoms. The van der Waals surface area contributed by atoms with Crippen molar-refractivity contribution in [1.29, 1.82) is 0 Å². The Morgan fingerprint density at radius 1 is 1.21 bits per heavy atom. The molecule has 3 rings (SSSR count). The molecule has 2 heterocycles. The van der Waals surface area contributed by atoms with Gasteiger partial charge in [-0.3, -0.25) is 9.59 Å². The van der Waals surface area contributed by atoms with Gasteiger partial charge in [0.05, 0.1) is 6.54 Å². The van der Waals surface area contributed by atoms with Crippen LogP contribution in [0, 0.1) is 6.92 Å². The van der Waals surface area contributed by atoms with Crippen LogP contribution in [0.1, 0.15) is 35.7 Å². The average molecular weight is 432 g/mol. The Bertz CT molecular complexity index is 1010. The molecule has 6 nitrogen and oxygen atoms in total. The van der Waals surface area contributed by atoms with Crippen molar-refractivity contribution < 1.29 is 14.0 Å². The molecule has 2 aromatic heterocycles. The summed E-state index contributed by atoms with van der Waals surface area (Å²) in [6, 6.07) is 7.63. The number of carbonyl (C=O) groups is 2. The topological polar surface area (TPSA) is 66.7 Å². The number of likely N-dealkylation sites (N-methyl/N-ethyl adjacent to an activating group) is 2. The van der Waals surface area contributed by atoms with Crippen molar-refractivity contribution in [1.82, 2.24) is 14.8 Å². The Kier molecular flexibility index (Phi) is 6.97. The van der Waals surface area contributed by atoms with E-state index in [0.717, 1.165) is 21.0 Å². The lowest BCUT2D eigenvalue weighted by Crippen LogP contribution is -2.41. The number of hydrogen-bond donors (Lipinski definition) is 0. The van der Waals surface area contributed by atoms with E-state index in [2.05, 4.69) is 4.98 Å². The molecule has 154 valence electrons. The number of hydrogen-bond acceptors (Lipinski definition) is 6. The van der Waals surface area contributed by atoms with Gasteiger partial charge in [-0.2, -0.15) is 0 Å². The molecule has 0 N–H and O–H groups in total. The maximum atomic E-state index is 13.1. The first-order valence-electron chi connectivity index (χ1n) is 9.53. The van der Waals surface area contributed by atoms with E-state index in [1.54, 1.807) is 35.0 Å². The van der Waals surface area contributed by atoms with Crippen molar-refractivity contribution >= 4 is 45.9 Å². The van der Waals surface area contributed by atoms with E-state index in [9.17, 15) is 9.59 Å². The lowest BCUT2D eigenvalue weighted by molar-refractivity contribution is -0.131. The number of nitrogens with zero attached hydrogens (tertiary/aromatic N) is 3. The molecule has 3 aromatic rings. The van der Waals surface area contributed by atoms with Gasteiger partial charge in [-0.1, -0.05) is 30.0 Å². The maximum absolute atomic E-state index is 13.1. The molecule has 0 spiro atoms. The van der Waals surface area contributed by atoms with Gasteiger partial charge in [-0.05, 0) is 26.8 Å². The van der Waals surface area contributed by atoms with E-state index in [1.165, 1.54) is 4.90 Å². The van der Waals surface area contributed by atoms with E-state index in [-0.39, 0.29) is 18.4 Å². The number of amides is 2. The molecule has 0 aliphatic carbocycles. The molecule has 0 saturated heterocycles.